The molecule has 0 unspecified atom stereocenters. The van der Waals surface area contributed by atoms with E-state index in [1.54, 1.807) is 0 Å². The number of aliphatic imine (C=N–C) groups is 1. The summed E-state index contributed by atoms with van der Waals surface area (Å²) in [6, 6.07) is -0.820. The zero-order chi connectivity index (χ0) is 23.2. The summed E-state index contributed by atoms with van der Waals surface area (Å²) < 4.78 is 0. The van der Waals surface area contributed by atoms with Crippen LogP contribution < -0.4 is 22.5 Å². The minimum atomic E-state index is -1.00. The molecule has 0 saturated heterocycles. The Morgan fingerprint density at radius 3 is 1.90 bits per heavy atom. The molecule has 176 valence electrons. The highest BCUT2D eigenvalue weighted by molar-refractivity contribution is 5.81. The third-order valence-electron chi connectivity index (χ3n) is 4.23. The van der Waals surface area contributed by atoms with Gasteiger partial charge in [0, 0.05) is 13.0 Å². The first-order chi connectivity index (χ1) is 14.2. The monoisotopic (exact) mass is 431 g/mol. The molecule has 0 heterocycles. The molecule has 10 heteroatoms. The van der Waals surface area contributed by atoms with Gasteiger partial charge in [-0.05, 0) is 19.3 Å². The molecule has 0 radical (unpaired) electrons. The average Bonchev–Trinajstić information content (AvgIpc) is 2.68. The van der Waals surface area contributed by atoms with Crippen LogP contribution >= 0.6 is 0 Å². The predicted octanol–water partition coefficient (Wildman–Crippen LogP) is 1.56. The number of aliphatic carboxylic acids is 2. The molecule has 9 N–H and O–H groups in total. The molecule has 1 amide bonds. The van der Waals surface area contributed by atoms with E-state index >= 15 is 0 Å². The first-order valence-corrected chi connectivity index (χ1v) is 10.7. The van der Waals surface area contributed by atoms with Gasteiger partial charge in [-0.1, -0.05) is 58.3 Å². The van der Waals surface area contributed by atoms with Crippen molar-refractivity contribution in [3.63, 3.8) is 0 Å². The number of nitrogens with zero attached hydrogens (tertiary/aromatic N) is 1. The van der Waals surface area contributed by atoms with Gasteiger partial charge in [0.15, 0.2) is 5.96 Å². The SMILES string of the molecule is CCCCCCCCCCCC(=O)NCC(=O)O.NC(N)=NCCC[C@H](N)C(=O)O. The predicted molar refractivity (Wildman–Crippen MR) is 118 cm³/mol. The van der Waals surface area contributed by atoms with E-state index in [4.69, 9.17) is 27.4 Å². The molecule has 0 spiro atoms. The third-order valence-corrected chi connectivity index (χ3v) is 4.23. The lowest BCUT2D eigenvalue weighted by molar-refractivity contribution is -0.139. The summed E-state index contributed by atoms with van der Waals surface area (Å²) >= 11 is 0. The number of guanidine groups is 1. The molecular formula is C20H41N5O5. The second-order valence-electron chi connectivity index (χ2n) is 7.14. The van der Waals surface area contributed by atoms with Gasteiger partial charge >= 0.3 is 11.9 Å². The van der Waals surface area contributed by atoms with Gasteiger partial charge in [0.05, 0.1) is 0 Å². The maximum absolute atomic E-state index is 11.2. The molecule has 0 rings (SSSR count). The summed E-state index contributed by atoms with van der Waals surface area (Å²) in [6.07, 6.45) is 12.3. The van der Waals surface area contributed by atoms with Crippen molar-refractivity contribution in [2.45, 2.75) is 90.0 Å². The van der Waals surface area contributed by atoms with Crippen molar-refractivity contribution in [2.24, 2.45) is 22.2 Å². The number of carboxylic acid groups (broad SMARTS) is 2. The van der Waals surface area contributed by atoms with Crippen molar-refractivity contribution in [1.82, 2.24) is 5.32 Å². The van der Waals surface area contributed by atoms with Crippen LogP contribution in [0, 0.1) is 0 Å². The maximum Gasteiger partial charge on any atom is 0.322 e. The van der Waals surface area contributed by atoms with Crippen molar-refractivity contribution < 1.29 is 24.6 Å². The molecule has 30 heavy (non-hydrogen) atoms. The molecular weight excluding hydrogens is 390 g/mol. The Balaban J connectivity index is 0. The van der Waals surface area contributed by atoms with Gasteiger partial charge in [0.1, 0.15) is 12.6 Å². The van der Waals surface area contributed by atoms with Crippen LogP contribution in [0.4, 0.5) is 0 Å². The molecule has 0 aliphatic rings. The van der Waals surface area contributed by atoms with Crippen LogP contribution in [0.3, 0.4) is 0 Å². The molecule has 1 atom stereocenters. The van der Waals surface area contributed by atoms with E-state index in [0.717, 1.165) is 12.8 Å². The fraction of sp³-hybridized carbons (Fsp3) is 0.800. The lowest BCUT2D eigenvalue weighted by Crippen LogP contribution is -2.30. The van der Waals surface area contributed by atoms with Gasteiger partial charge in [0.25, 0.3) is 0 Å². The fourth-order valence-electron chi connectivity index (χ4n) is 2.50. The smallest absolute Gasteiger partial charge is 0.322 e. The molecule has 0 aromatic rings. The number of carboxylic acids is 2. The van der Waals surface area contributed by atoms with Gasteiger partial charge in [0.2, 0.25) is 5.91 Å². The number of carbonyl (C=O) groups excluding carboxylic acids is 1. The minimum absolute atomic E-state index is 0.0129. The molecule has 10 nitrogen and oxygen atoms in total. The summed E-state index contributed by atoms with van der Waals surface area (Å²) in [4.78, 5) is 35.3. The van der Waals surface area contributed by atoms with Gasteiger partial charge in [-0.2, -0.15) is 0 Å². The van der Waals surface area contributed by atoms with Gasteiger partial charge in [-0.15, -0.1) is 0 Å². The van der Waals surface area contributed by atoms with Gasteiger partial charge in [-0.25, -0.2) is 0 Å². The largest absolute Gasteiger partial charge is 0.480 e. The van der Waals surface area contributed by atoms with Gasteiger partial charge < -0.3 is 32.7 Å². The molecule has 0 aromatic heterocycles. The fourth-order valence-corrected chi connectivity index (χ4v) is 2.50. The van der Waals surface area contributed by atoms with Crippen LogP contribution in [0.5, 0.6) is 0 Å². The van der Waals surface area contributed by atoms with Crippen molar-refractivity contribution in [3.8, 4) is 0 Å². The van der Waals surface area contributed by atoms with Crippen LogP contribution in [0.1, 0.15) is 84.0 Å². The van der Waals surface area contributed by atoms with Crippen molar-refractivity contribution in [3.05, 3.63) is 0 Å². The number of unbranched alkanes of at least 4 members (excludes halogenated alkanes) is 8. The highest BCUT2D eigenvalue weighted by Crippen LogP contribution is 2.10. The summed E-state index contributed by atoms with van der Waals surface area (Å²) in [7, 11) is 0. The Hall–Kier alpha value is -2.36. The molecule has 0 saturated carbocycles. The van der Waals surface area contributed by atoms with Crippen LogP contribution in [-0.2, 0) is 14.4 Å². The molecule has 0 fully saturated rings. The van der Waals surface area contributed by atoms with Crippen LogP contribution in [-0.4, -0.2) is 53.1 Å². The number of amides is 1. The molecule has 0 bridgehead atoms. The number of hydrogen-bond donors (Lipinski definition) is 6. The number of carbonyl (C=O) groups is 3. The van der Waals surface area contributed by atoms with E-state index in [1.807, 2.05) is 0 Å². The zero-order valence-electron chi connectivity index (χ0n) is 18.3. The number of hydrogen-bond acceptors (Lipinski definition) is 5. The second kappa shape index (κ2) is 21.4. The molecule has 0 aromatic carbocycles. The Morgan fingerprint density at radius 1 is 0.900 bits per heavy atom. The summed E-state index contributed by atoms with van der Waals surface area (Å²) in [5.41, 5.74) is 15.3. The minimum Gasteiger partial charge on any atom is -0.480 e. The van der Waals surface area contributed by atoms with Crippen molar-refractivity contribution in [2.75, 3.05) is 13.1 Å². The molecule has 0 aliphatic heterocycles. The standard InChI is InChI=1S/C14H27NO3.C6H14N4O2/c1-2-3-4-5-6-7-8-9-10-11-13(16)15-12-14(17)18;7-4(5(11)12)2-1-3-10-6(8)9/h2-12H2,1H3,(H,15,16)(H,17,18);4H,1-3,7H2,(H,11,12)(H4,8,9,10)/t;4-/m.0/s1. The van der Waals surface area contributed by atoms with Crippen molar-refractivity contribution >= 4 is 23.8 Å². The zero-order valence-corrected chi connectivity index (χ0v) is 18.3. The number of rotatable bonds is 17. The lowest BCUT2D eigenvalue weighted by Gasteiger charge is -2.03. The Labute approximate surface area is 179 Å². The third kappa shape index (κ3) is 25.6. The van der Waals surface area contributed by atoms with E-state index in [-0.39, 0.29) is 18.4 Å². The second-order valence-corrected chi connectivity index (χ2v) is 7.14. The first kappa shape index (κ1) is 29.8. The Morgan fingerprint density at radius 2 is 1.43 bits per heavy atom. The highest BCUT2D eigenvalue weighted by Gasteiger charge is 2.09. The van der Waals surface area contributed by atoms with E-state index in [1.165, 1.54) is 44.9 Å². The first-order valence-electron chi connectivity index (χ1n) is 10.7. The Kier molecular flexibility index (Phi) is 21.2. The summed E-state index contributed by atoms with van der Waals surface area (Å²) in [5, 5.41) is 19.1. The summed E-state index contributed by atoms with van der Waals surface area (Å²) in [6.45, 7) is 2.37. The highest BCUT2D eigenvalue weighted by atomic mass is 16.4. The topological polar surface area (TPSA) is 194 Å². The van der Waals surface area contributed by atoms with E-state index in [0.29, 0.717) is 25.8 Å². The number of nitrogens with one attached hydrogen (secondary N) is 1. The lowest BCUT2D eigenvalue weighted by atomic mass is 10.1. The Bertz CT molecular complexity index is 496. The van der Waals surface area contributed by atoms with E-state index < -0.39 is 18.0 Å². The van der Waals surface area contributed by atoms with Crippen molar-refractivity contribution in [1.29, 1.82) is 0 Å². The quantitative estimate of drug-likeness (QED) is 0.113. The van der Waals surface area contributed by atoms with E-state index in [9.17, 15) is 14.4 Å². The van der Waals surface area contributed by atoms with E-state index in [2.05, 4.69) is 17.2 Å². The van der Waals surface area contributed by atoms with Crippen LogP contribution in [0.15, 0.2) is 4.99 Å². The summed E-state index contributed by atoms with van der Waals surface area (Å²) in [5.74, 6) is -2.13. The average molecular weight is 432 g/mol. The maximum atomic E-state index is 11.2. The van der Waals surface area contributed by atoms with Gasteiger partial charge in [-0.3, -0.25) is 19.4 Å². The van der Waals surface area contributed by atoms with Crippen LogP contribution in [0.25, 0.3) is 0 Å². The normalized spacial score (nSPS) is 11.0. The molecule has 0 aliphatic carbocycles. The number of nitrogens with two attached hydrogens (primary N) is 3. The van der Waals surface area contributed by atoms with Crippen LogP contribution in [0.2, 0.25) is 0 Å².